The molecule has 0 aliphatic carbocycles. The predicted octanol–water partition coefficient (Wildman–Crippen LogP) is 2.21. The number of anilines is 1. The molecule has 1 aliphatic heterocycles. The molecule has 0 saturated carbocycles. The Morgan fingerprint density at radius 1 is 1.00 bits per heavy atom. The molecule has 3 aromatic carbocycles. The van der Waals surface area contributed by atoms with Crippen LogP contribution < -0.4 is 15.5 Å². The van der Waals surface area contributed by atoms with E-state index in [0.29, 0.717) is 11.6 Å². The Bertz CT molecular complexity index is 1100. The van der Waals surface area contributed by atoms with Crippen LogP contribution in [0.25, 0.3) is 10.8 Å². The number of rotatable bonds is 9. The number of nitrogens with zero attached hydrogens (tertiary/aromatic N) is 1. The van der Waals surface area contributed by atoms with Gasteiger partial charge in [0.1, 0.15) is 5.54 Å². The second-order valence-electron chi connectivity index (χ2n) is 9.14. The molecule has 1 aliphatic rings. The third-order valence-corrected chi connectivity index (χ3v) is 6.75. The number of carbonyl (C=O) groups excluding carboxylic acids is 1. The van der Waals surface area contributed by atoms with Crippen LogP contribution in [0.15, 0.2) is 66.7 Å². The molecule has 0 radical (unpaired) electrons. The lowest BCUT2D eigenvalue weighted by atomic mass is 9.99. The first-order valence-electron chi connectivity index (χ1n) is 11.7. The van der Waals surface area contributed by atoms with Gasteiger partial charge < -0.3 is 30.9 Å². The van der Waals surface area contributed by atoms with Crippen LogP contribution in [0.2, 0.25) is 0 Å². The lowest BCUT2D eigenvalue weighted by Gasteiger charge is -2.28. The molecule has 1 heterocycles. The molecule has 3 aromatic rings. The smallest absolute Gasteiger partial charge is 0.251 e. The highest BCUT2D eigenvalue weighted by Crippen LogP contribution is 2.27. The fourth-order valence-corrected chi connectivity index (χ4v) is 4.61. The molecule has 1 saturated heterocycles. The molecule has 4 rings (SSSR count). The van der Waals surface area contributed by atoms with Crippen LogP contribution >= 0.6 is 0 Å². The fourth-order valence-electron chi connectivity index (χ4n) is 4.61. The first-order chi connectivity index (χ1) is 16.5. The van der Waals surface area contributed by atoms with E-state index in [1.807, 2.05) is 12.1 Å². The number of hydrogen-bond donors (Lipinski definition) is 5. The van der Waals surface area contributed by atoms with Gasteiger partial charge in [-0.2, -0.15) is 0 Å². The SMILES string of the molecule is C[C@@H](N[C@H]1CCN(c2ccc(C(=O)NC(CO)(CO)CO)cc2)C1)c1cccc2ccccc12. The highest BCUT2D eigenvalue weighted by molar-refractivity contribution is 5.95. The van der Waals surface area contributed by atoms with Crippen LogP contribution in [0.4, 0.5) is 5.69 Å². The maximum absolute atomic E-state index is 12.5. The third-order valence-electron chi connectivity index (χ3n) is 6.75. The minimum atomic E-state index is -1.44. The van der Waals surface area contributed by atoms with Gasteiger partial charge in [-0.25, -0.2) is 0 Å². The van der Waals surface area contributed by atoms with Crippen molar-refractivity contribution < 1.29 is 20.1 Å². The van der Waals surface area contributed by atoms with Gasteiger partial charge in [-0.1, -0.05) is 42.5 Å². The van der Waals surface area contributed by atoms with Gasteiger partial charge in [0.15, 0.2) is 0 Å². The zero-order chi connectivity index (χ0) is 24.1. The second kappa shape index (κ2) is 10.5. The zero-order valence-electron chi connectivity index (χ0n) is 19.4. The van der Waals surface area contributed by atoms with Gasteiger partial charge in [0.2, 0.25) is 0 Å². The molecule has 0 spiro atoms. The summed E-state index contributed by atoms with van der Waals surface area (Å²) < 4.78 is 0. The number of amides is 1. The van der Waals surface area contributed by atoms with E-state index in [2.05, 4.69) is 64.9 Å². The number of aliphatic hydroxyl groups is 3. The molecule has 2 atom stereocenters. The number of benzene rings is 3. The number of hydrogen-bond acceptors (Lipinski definition) is 6. The van der Waals surface area contributed by atoms with Crippen molar-refractivity contribution in [2.24, 2.45) is 0 Å². The topological polar surface area (TPSA) is 105 Å². The Kier molecular flexibility index (Phi) is 7.48. The van der Waals surface area contributed by atoms with E-state index in [-0.39, 0.29) is 6.04 Å². The Labute approximate surface area is 200 Å². The summed E-state index contributed by atoms with van der Waals surface area (Å²) in [6.45, 7) is 2.36. The molecule has 1 amide bonds. The van der Waals surface area contributed by atoms with E-state index in [9.17, 15) is 20.1 Å². The first-order valence-corrected chi connectivity index (χ1v) is 11.7. The minimum Gasteiger partial charge on any atom is -0.394 e. The zero-order valence-corrected chi connectivity index (χ0v) is 19.4. The van der Waals surface area contributed by atoms with Crippen molar-refractivity contribution in [3.63, 3.8) is 0 Å². The Morgan fingerprint density at radius 3 is 2.38 bits per heavy atom. The maximum atomic E-state index is 12.5. The second-order valence-corrected chi connectivity index (χ2v) is 9.14. The summed E-state index contributed by atoms with van der Waals surface area (Å²) in [7, 11) is 0. The number of fused-ring (bicyclic) bond motifs is 1. The lowest BCUT2D eigenvalue weighted by molar-refractivity contribution is 0.0375. The van der Waals surface area contributed by atoms with E-state index in [1.54, 1.807) is 12.1 Å². The highest BCUT2D eigenvalue weighted by Gasteiger charge is 2.30. The van der Waals surface area contributed by atoms with Crippen molar-refractivity contribution in [1.82, 2.24) is 10.6 Å². The van der Waals surface area contributed by atoms with Crippen molar-refractivity contribution in [1.29, 1.82) is 0 Å². The van der Waals surface area contributed by atoms with Crippen LogP contribution in [0.1, 0.15) is 35.3 Å². The Morgan fingerprint density at radius 2 is 1.68 bits per heavy atom. The molecule has 180 valence electrons. The molecule has 7 nitrogen and oxygen atoms in total. The first kappa shape index (κ1) is 24.2. The number of aliphatic hydroxyl groups excluding tert-OH is 3. The van der Waals surface area contributed by atoms with Gasteiger partial charge >= 0.3 is 0 Å². The van der Waals surface area contributed by atoms with Crippen LogP contribution in [-0.4, -0.2) is 65.7 Å². The van der Waals surface area contributed by atoms with Gasteiger partial charge in [0.25, 0.3) is 5.91 Å². The van der Waals surface area contributed by atoms with Gasteiger partial charge in [0, 0.05) is 36.4 Å². The molecular weight excluding hydrogens is 430 g/mol. The monoisotopic (exact) mass is 463 g/mol. The van der Waals surface area contributed by atoms with E-state index in [1.165, 1.54) is 16.3 Å². The summed E-state index contributed by atoms with van der Waals surface area (Å²) >= 11 is 0. The molecule has 0 unspecified atom stereocenters. The summed E-state index contributed by atoms with van der Waals surface area (Å²) in [4.78, 5) is 14.8. The summed E-state index contributed by atoms with van der Waals surface area (Å²) in [5, 5.41) is 37.1. The molecule has 1 fully saturated rings. The number of carbonyl (C=O) groups is 1. The van der Waals surface area contributed by atoms with Crippen molar-refractivity contribution in [2.45, 2.75) is 31.0 Å². The van der Waals surface area contributed by atoms with Crippen LogP contribution in [0, 0.1) is 0 Å². The predicted molar refractivity (Wildman–Crippen MR) is 134 cm³/mol. The molecule has 5 N–H and O–H groups in total. The molecule has 7 heteroatoms. The van der Waals surface area contributed by atoms with Crippen LogP contribution in [0.3, 0.4) is 0 Å². The number of nitrogens with one attached hydrogen (secondary N) is 2. The van der Waals surface area contributed by atoms with Crippen LogP contribution in [-0.2, 0) is 0 Å². The van der Waals surface area contributed by atoms with E-state index >= 15 is 0 Å². The largest absolute Gasteiger partial charge is 0.394 e. The summed E-state index contributed by atoms with van der Waals surface area (Å²) in [6, 6.07) is 22.8. The van der Waals surface area contributed by atoms with Crippen molar-refractivity contribution in [3.8, 4) is 0 Å². The molecule has 0 bridgehead atoms. The van der Waals surface area contributed by atoms with Crippen molar-refractivity contribution >= 4 is 22.4 Å². The van der Waals surface area contributed by atoms with Gasteiger partial charge in [-0.05, 0) is 53.9 Å². The highest BCUT2D eigenvalue weighted by atomic mass is 16.3. The fraction of sp³-hybridized carbons (Fsp3) is 0.370. The third kappa shape index (κ3) is 5.08. The quantitative estimate of drug-likeness (QED) is 0.333. The Balaban J connectivity index is 1.37. The Hall–Kier alpha value is -2.97. The summed E-state index contributed by atoms with van der Waals surface area (Å²) in [5.74, 6) is -0.450. The normalized spacial score (nSPS) is 17.2. The maximum Gasteiger partial charge on any atom is 0.251 e. The van der Waals surface area contributed by atoms with Gasteiger partial charge in [-0.15, -0.1) is 0 Å². The molecule has 34 heavy (non-hydrogen) atoms. The molecular formula is C27H33N3O4. The van der Waals surface area contributed by atoms with Crippen LogP contribution in [0.5, 0.6) is 0 Å². The molecule has 0 aromatic heterocycles. The van der Waals surface area contributed by atoms with E-state index in [4.69, 9.17) is 0 Å². The van der Waals surface area contributed by atoms with E-state index in [0.717, 1.165) is 25.2 Å². The average Bonchev–Trinajstić information content (AvgIpc) is 3.35. The van der Waals surface area contributed by atoms with Gasteiger partial charge in [-0.3, -0.25) is 4.79 Å². The lowest BCUT2D eigenvalue weighted by Crippen LogP contribution is -2.57. The average molecular weight is 464 g/mol. The summed E-state index contributed by atoms with van der Waals surface area (Å²) in [5.41, 5.74) is 1.31. The van der Waals surface area contributed by atoms with Gasteiger partial charge in [0.05, 0.1) is 19.8 Å². The van der Waals surface area contributed by atoms with Crippen molar-refractivity contribution in [3.05, 3.63) is 77.9 Å². The standard InChI is InChI=1S/C27H33N3O4/c1-19(24-8-4-6-20-5-2-3-7-25(20)24)28-22-13-14-30(15-22)23-11-9-21(10-12-23)26(34)29-27(16-31,17-32)18-33/h2-12,19,22,28,31-33H,13-18H2,1H3,(H,29,34)/t19-,22+/m1/s1. The minimum absolute atomic E-state index is 0.229. The van der Waals surface area contributed by atoms with E-state index < -0.39 is 31.3 Å². The summed E-state index contributed by atoms with van der Waals surface area (Å²) in [6.07, 6.45) is 1.03. The van der Waals surface area contributed by atoms with Crippen molar-refractivity contribution in [2.75, 3.05) is 37.8 Å².